The summed E-state index contributed by atoms with van der Waals surface area (Å²) in [4.78, 5) is 11.8. The molecule has 0 radical (unpaired) electrons. The van der Waals surface area contributed by atoms with Gasteiger partial charge >= 0.3 is 0 Å². The van der Waals surface area contributed by atoms with Gasteiger partial charge in [-0.1, -0.05) is 12.8 Å². The zero-order valence-corrected chi connectivity index (χ0v) is 9.44. The predicted octanol–water partition coefficient (Wildman–Crippen LogP) is 2.19. The van der Waals surface area contributed by atoms with Gasteiger partial charge in [0.1, 0.15) is 0 Å². The third-order valence-electron chi connectivity index (χ3n) is 3.23. The summed E-state index contributed by atoms with van der Waals surface area (Å²) in [6, 6.07) is 0.495. The van der Waals surface area contributed by atoms with Crippen LogP contribution in [0.2, 0.25) is 0 Å². The molecule has 1 atom stereocenters. The highest BCUT2D eigenvalue weighted by molar-refractivity contribution is 7.99. The van der Waals surface area contributed by atoms with E-state index in [-0.39, 0.29) is 0 Å². The minimum Gasteiger partial charge on any atom is -0.353 e. The maximum absolute atomic E-state index is 11.8. The summed E-state index contributed by atoms with van der Waals surface area (Å²) in [6.07, 6.45) is 7.31. The molecule has 1 amide bonds. The zero-order valence-electron chi connectivity index (χ0n) is 8.63. The van der Waals surface area contributed by atoms with Crippen molar-refractivity contribution in [3.05, 3.63) is 0 Å². The first-order valence-corrected chi connectivity index (χ1v) is 6.90. The van der Waals surface area contributed by atoms with Gasteiger partial charge in [0.25, 0.3) is 0 Å². The normalized spacial score (nSPS) is 29.0. The van der Waals surface area contributed by atoms with Crippen LogP contribution >= 0.6 is 11.8 Å². The van der Waals surface area contributed by atoms with Crippen LogP contribution in [0.3, 0.4) is 0 Å². The third-order valence-corrected chi connectivity index (χ3v) is 4.45. The number of hydrogen-bond acceptors (Lipinski definition) is 2. The lowest BCUT2D eigenvalue weighted by molar-refractivity contribution is -0.125. The molecule has 2 rings (SSSR count). The van der Waals surface area contributed by atoms with E-state index in [9.17, 15) is 4.79 Å². The number of nitrogens with one attached hydrogen (secondary N) is 1. The lowest BCUT2D eigenvalue weighted by atomic mass is 10.0. The van der Waals surface area contributed by atoms with Crippen molar-refractivity contribution < 1.29 is 4.79 Å². The van der Waals surface area contributed by atoms with Gasteiger partial charge in [-0.2, -0.15) is 11.8 Å². The highest BCUT2D eigenvalue weighted by Crippen LogP contribution is 2.24. The number of rotatable bonds is 2. The molecule has 14 heavy (non-hydrogen) atoms. The molecule has 2 fully saturated rings. The number of carbonyl (C=O) groups is 1. The van der Waals surface area contributed by atoms with Crippen molar-refractivity contribution in [3.63, 3.8) is 0 Å². The minimum absolute atomic E-state index is 0.300. The Bertz CT molecular complexity index is 195. The first-order valence-electron chi connectivity index (χ1n) is 5.74. The van der Waals surface area contributed by atoms with E-state index >= 15 is 0 Å². The number of hydrogen-bond donors (Lipinski definition) is 1. The predicted molar refractivity (Wildman–Crippen MR) is 60.4 cm³/mol. The topological polar surface area (TPSA) is 29.1 Å². The van der Waals surface area contributed by atoms with Crippen LogP contribution in [0.15, 0.2) is 0 Å². The molecule has 0 spiro atoms. The van der Waals surface area contributed by atoms with Crippen LogP contribution in [-0.2, 0) is 4.79 Å². The summed E-state index contributed by atoms with van der Waals surface area (Å²) < 4.78 is 0. The first-order chi connectivity index (χ1) is 6.86. The largest absolute Gasteiger partial charge is 0.353 e. The van der Waals surface area contributed by atoms with Gasteiger partial charge in [-0.3, -0.25) is 4.79 Å². The van der Waals surface area contributed by atoms with Crippen LogP contribution in [0, 0.1) is 5.92 Å². The molecule has 0 aromatic carbocycles. The van der Waals surface area contributed by atoms with E-state index in [0.29, 0.717) is 17.9 Å². The molecule has 3 heteroatoms. The van der Waals surface area contributed by atoms with Gasteiger partial charge < -0.3 is 5.32 Å². The second-order valence-electron chi connectivity index (χ2n) is 4.40. The van der Waals surface area contributed by atoms with Gasteiger partial charge in [0.2, 0.25) is 5.91 Å². The Morgan fingerprint density at radius 2 is 1.93 bits per heavy atom. The van der Waals surface area contributed by atoms with Crippen molar-refractivity contribution in [2.75, 3.05) is 11.5 Å². The number of amides is 1. The van der Waals surface area contributed by atoms with Gasteiger partial charge in [0, 0.05) is 17.7 Å². The summed E-state index contributed by atoms with van der Waals surface area (Å²) >= 11 is 1.93. The summed E-state index contributed by atoms with van der Waals surface area (Å²) in [5.41, 5.74) is 0. The molecule has 2 aliphatic rings. The smallest absolute Gasteiger partial charge is 0.224 e. The molecule has 1 N–H and O–H groups in total. The molecule has 0 bridgehead atoms. The van der Waals surface area contributed by atoms with E-state index in [4.69, 9.17) is 0 Å². The van der Waals surface area contributed by atoms with E-state index in [0.717, 1.165) is 12.2 Å². The van der Waals surface area contributed by atoms with Crippen molar-refractivity contribution in [1.82, 2.24) is 5.32 Å². The highest BCUT2D eigenvalue weighted by atomic mass is 32.2. The standard InChI is InChI=1S/C11H19NOS/c13-11(9-4-3-7-14-8-9)12-10-5-1-2-6-10/h9-10H,1-8H2,(H,12,13). The Kier molecular flexibility index (Phi) is 3.74. The van der Waals surface area contributed by atoms with E-state index in [1.807, 2.05) is 11.8 Å². The van der Waals surface area contributed by atoms with E-state index < -0.39 is 0 Å². The summed E-state index contributed by atoms with van der Waals surface area (Å²) in [5.74, 6) is 2.91. The lowest BCUT2D eigenvalue weighted by Gasteiger charge is -2.22. The molecule has 0 aromatic rings. The fourth-order valence-electron chi connectivity index (χ4n) is 2.34. The van der Waals surface area contributed by atoms with Crippen molar-refractivity contribution >= 4 is 17.7 Å². The Labute approximate surface area is 90.2 Å². The van der Waals surface area contributed by atoms with Gasteiger partial charge in [0.15, 0.2) is 0 Å². The molecule has 1 heterocycles. The Balaban J connectivity index is 1.75. The van der Waals surface area contributed by atoms with Crippen LogP contribution in [0.4, 0.5) is 0 Å². The van der Waals surface area contributed by atoms with Crippen LogP contribution in [0.25, 0.3) is 0 Å². The second-order valence-corrected chi connectivity index (χ2v) is 5.55. The maximum Gasteiger partial charge on any atom is 0.224 e. The van der Waals surface area contributed by atoms with Crippen LogP contribution in [0.5, 0.6) is 0 Å². The number of thioether (sulfide) groups is 1. The summed E-state index contributed by atoms with van der Waals surface area (Å²) in [5, 5.41) is 3.20. The Hall–Kier alpha value is -0.180. The molecule has 1 saturated carbocycles. The molecule has 1 aliphatic carbocycles. The first kappa shape index (κ1) is 10.3. The van der Waals surface area contributed by atoms with Gasteiger partial charge in [-0.05, 0) is 31.4 Å². The van der Waals surface area contributed by atoms with Crippen LogP contribution < -0.4 is 5.32 Å². The number of carbonyl (C=O) groups excluding carboxylic acids is 1. The fourth-order valence-corrected chi connectivity index (χ4v) is 3.48. The summed E-state index contributed by atoms with van der Waals surface area (Å²) in [6.45, 7) is 0. The average Bonchev–Trinajstić information content (AvgIpc) is 2.72. The fraction of sp³-hybridized carbons (Fsp3) is 0.909. The lowest BCUT2D eigenvalue weighted by Crippen LogP contribution is -2.39. The quantitative estimate of drug-likeness (QED) is 0.762. The van der Waals surface area contributed by atoms with E-state index in [1.165, 1.54) is 37.9 Å². The van der Waals surface area contributed by atoms with Crippen molar-refractivity contribution in [1.29, 1.82) is 0 Å². The van der Waals surface area contributed by atoms with Crippen molar-refractivity contribution in [2.45, 2.75) is 44.6 Å². The third kappa shape index (κ3) is 2.66. The molecular formula is C11H19NOS. The molecule has 80 valence electrons. The van der Waals surface area contributed by atoms with Crippen molar-refractivity contribution in [2.24, 2.45) is 5.92 Å². The second kappa shape index (κ2) is 5.06. The summed E-state index contributed by atoms with van der Waals surface area (Å²) in [7, 11) is 0. The minimum atomic E-state index is 0.300. The molecule has 2 nitrogen and oxygen atoms in total. The maximum atomic E-state index is 11.8. The van der Waals surface area contributed by atoms with E-state index in [2.05, 4.69) is 5.32 Å². The highest BCUT2D eigenvalue weighted by Gasteiger charge is 2.24. The van der Waals surface area contributed by atoms with Gasteiger partial charge in [0.05, 0.1) is 0 Å². The SMILES string of the molecule is O=C(NC1CCCC1)C1CCCSC1. The van der Waals surface area contributed by atoms with Crippen molar-refractivity contribution in [3.8, 4) is 0 Å². The molecule has 1 aliphatic heterocycles. The Morgan fingerprint density at radius 3 is 2.57 bits per heavy atom. The van der Waals surface area contributed by atoms with E-state index in [1.54, 1.807) is 0 Å². The Morgan fingerprint density at radius 1 is 1.14 bits per heavy atom. The molecular weight excluding hydrogens is 194 g/mol. The van der Waals surface area contributed by atoms with Crippen LogP contribution in [0.1, 0.15) is 38.5 Å². The average molecular weight is 213 g/mol. The molecule has 1 unspecified atom stereocenters. The monoisotopic (exact) mass is 213 g/mol. The molecule has 0 aromatic heterocycles. The van der Waals surface area contributed by atoms with Crippen LogP contribution in [-0.4, -0.2) is 23.5 Å². The molecule has 1 saturated heterocycles. The zero-order chi connectivity index (χ0) is 9.80. The van der Waals surface area contributed by atoms with Gasteiger partial charge in [-0.25, -0.2) is 0 Å². The van der Waals surface area contributed by atoms with Gasteiger partial charge in [-0.15, -0.1) is 0 Å².